The maximum absolute atomic E-state index is 10.2. The van der Waals surface area contributed by atoms with Crippen molar-refractivity contribution >= 4 is 11.8 Å². The zero-order valence-corrected chi connectivity index (χ0v) is 10.1. The van der Waals surface area contributed by atoms with Crippen molar-refractivity contribution in [1.29, 1.82) is 0 Å². The quantitative estimate of drug-likeness (QED) is 0.855. The van der Waals surface area contributed by atoms with Crippen LogP contribution in [0.3, 0.4) is 0 Å². The molecule has 84 valence electrons. The Bertz CT molecular complexity index is 329. The molecule has 0 aromatic carbocycles. The normalized spacial score (nSPS) is 26.4. The van der Waals surface area contributed by atoms with E-state index in [1.807, 2.05) is 28.7 Å². The summed E-state index contributed by atoms with van der Waals surface area (Å²) < 4.78 is 1.95. The topological polar surface area (TPSA) is 38.0 Å². The molecule has 0 aliphatic carbocycles. The van der Waals surface area contributed by atoms with Gasteiger partial charge in [-0.2, -0.15) is 16.9 Å². The Kier molecular flexibility index (Phi) is 3.07. The van der Waals surface area contributed by atoms with Gasteiger partial charge in [-0.1, -0.05) is 0 Å². The molecule has 1 aromatic rings. The van der Waals surface area contributed by atoms with Gasteiger partial charge in [-0.3, -0.25) is 4.68 Å². The molecule has 1 aliphatic rings. The number of hydrogen-bond acceptors (Lipinski definition) is 3. The van der Waals surface area contributed by atoms with Crippen molar-refractivity contribution in [2.24, 2.45) is 0 Å². The van der Waals surface area contributed by atoms with E-state index >= 15 is 0 Å². The van der Waals surface area contributed by atoms with Gasteiger partial charge in [-0.25, -0.2) is 0 Å². The van der Waals surface area contributed by atoms with Crippen molar-refractivity contribution in [1.82, 2.24) is 9.78 Å². The van der Waals surface area contributed by atoms with Gasteiger partial charge >= 0.3 is 0 Å². The lowest BCUT2D eigenvalue weighted by Gasteiger charge is -2.19. The fourth-order valence-corrected chi connectivity index (χ4v) is 3.13. The van der Waals surface area contributed by atoms with E-state index in [2.05, 4.69) is 18.9 Å². The summed E-state index contributed by atoms with van der Waals surface area (Å²) in [5.41, 5.74) is 0.495. The Morgan fingerprint density at radius 1 is 1.67 bits per heavy atom. The highest BCUT2D eigenvalue weighted by Crippen LogP contribution is 2.30. The minimum absolute atomic E-state index is 0.395. The lowest BCUT2D eigenvalue weighted by Crippen LogP contribution is -2.31. The van der Waals surface area contributed by atoms with E-state index in [4.69, 9.17) is 0 Å². The summed E-state index contributed by atoms with van der Waals surface area (Å²) >= 11 is 1.83. The first-order chi connectivity index (χ1) is 7.09. The lowest BCUT2D eigenvalue weighted by atomic mass is 9.97. The third-order valence-electron chi connectivity index (χ3n) is 2.79. The van der Waals surface area contributed by atoms with Crippen LogP contribution < -0.4 is 0 Å². The van der Waals surface area contributed by atoms with Crippen molar-refractivity contribution in [2.45, 2.75) is 38.3 Å². The number of nitrogens with zero attached hydrogens (tertiary/aromatic N) is 2. The summed E-state index contributed by atoms with van der Waals surface area (Å²) in [6, 6.07) is 2.41. The van der Waals surface area contributed by atoms with Gasteiger partial charge in [0.25, 0.3) is 0 Å². The van der Waals surface area contributed by atoms with E-state index in [-0.39, 0.29) is 0 Å². The van der Waals surface area contributed by atoms with Crippen molar-refractivity contribution in [3.63, 3.8) is 0 Å². The molecule has 1 aliphatic heterocycles. The summed E-state index contributed by atoms with van der Waals surface area (Å²) in [5, 5.41) is 14.7. The van der Waals surface area contributed by atoms with Crippen LogP contribution in [0.4, 0.5) is 0 Å². The van der Waals surface area contributed by atoms with Crippen LogP contribution in [0.1, 0.15) is 32.0 Å². The molecule has 1 unspecified atom stereocenters. The maximum atomic E-state index is 10.2. The van der Waals surface area contributed by atoms with Crippen molar-refractivity contribution in [3.8, 4) is 0 Å². The minimum Gasteiger partial charge on any atom is -0.389 e. The molecule has 0 amide bonds. The van der Waals surface area contributed by atoms with Crippen LogP contribution in [0.15, 0.2) is 12.3 Å². The molecule has 2 rings (SSSR count). The first kappa shape index (κ1) is 11.0. The monoisotopic (exact) mass is 226 g/mol. The minimum atomic E-state index is -0.513. The third-order valence-corrected chi connectivity index (χ3v) is 4.02. The van der Waals surface area contributed by atoms with Crippen molar-refractivity contribution in [2.75, 3.05) is 11.5 Å². The van der Waals surface area contributed by atoms with Gasteiger partial charge in [-0.05, 0) is 32.1 Å². The molecule has 1 fully saturated rings. The van der Waals surface area contributed by atoms with Gasteiger partial charge in [-0.15, -0.1) is 0 Å². The van der Waals surface area contributed by atoms with Gasteiger partial charge in [0.2, 0.25) is 0 Å². The summed E-state index contributed by atoms with van der Waals surface area (Å²) in [7, 11) is 0. The molecule has 1 aromatic heterocycles. The molecule has 3 nitrogen and oxygen atoms in total. The van der Waals surface area contributed by atoms with Gasteiger partial charge in [0.05, 0.1) is 11.3 Å². The second kappa shape index (κ2) is 4.18. The van der Waals surface area contributed by atoms with E-state index in [1.165, 1.54) is 0 Å². The fraction of sp³-hybridized carbons (Fsp3) is 0.727. The van der Waals surface area contributed by atoms with Crippen LogP contribution in [0.25, 0.3) is 0 Å². The average molecular weight is 226 g/mol. The predicted octanol–water partition coefficient (Wildman–Crippen LogP) is 1.87. The van der Waals surface area contributed by atoms with Gasteiger partial charge in [0, 0.05) is 24.4 Å². The second-order valence-electron chi connectivity index (χ2n) is 4.58. The highest BCUT2D eigenvalue weighted by atomic mass is 32.2. The number of aliphatic hydroxyl groups is 1. The van der Waals surface area contributed by atoms with Crippen LogP contribution in [-0.2, 0) is 6.42 Å². The Morgan fingerprint density at radius 3 is 3.00 bits per heavy atom. The molecule has 1 N–H and O–H groups in total. The number of thioether (sulfide) groups is 1. The molecular formula is C11H18N2OS. The molecule has 0 spiro atoms. The largest absolute Gasteiger partial charge is 0.389 e. The van der Waals surface area contributed by atoms with E-state index in [0.29, 0.717) is 12.5 Å². The molecule has 2 heterocycles. The van der Waals surface area contributed by atoms with Crippen molar-refractivity contribution < 1.29 is 5.11 Å². The number of aromatic nitrogens is 2. The second-order valence-corrected chi connectivity index (χ2v) is 5.69. The SMILES string of the molecule is CC(C)n1ccc(CC2(O)CCSC2)n1. The molecule has 0 radical (unpaired) electrons. The van der Waals surface area contributed by atoms with Crippen LogP contribution in [0.2, 0.25) is 0 Å². The van der Waals surface area contributed by atoms with Gasteiger partial charge in [0.15, 0.2) is 0 Å². The highest BCUT2D eigenvalue weighted by Gasteiger charge is 2.32. The predicted molar refractivity (Wildman–Crippen MR) is 63.2 cm³/mol. The van der Waals surface area contributed by atoms with Crippen LogP contribution >= 0.6 is 11.8 Å². The van der Waals surface area contributed by atoms with E-state index in [9.17, 15) is 5.11 Å². The summed E-state index contributed by atoms with van der Waals surface area (Å²) in [6.45, 7) is 4.22. The number of hydrogen-bond donors (Lipinski definition) is 1. The van der Waals surface area contributed by atoms with Crippen LogP contribution in [0, 0.1) is 0 Å². The van der Waals surface area contributed by atoms with Crippen LogP contribution in [-0.4, -0.2) is 32.0 Å². The first-order valence-electron chi connectivity index (χ1n) is 5.43. The summed E-state index contributed by atoms with van der Waals surface area (Å²) in [4.78, 5) is 0. The Hall–Kier alpha value is -0.480. The summed E-state index contributed by atoms with van der Waals surface area (Å²) in [6.07, 6.45) is 3.58. The van der Waals surface area contributed by atoms with Crippen LogP contribution in [0.5, 0.6) is 0 Å². The Labute approximate surface area is 94.9 Å². The number of rotatable bonds is 3. The molecule has 0 bridgehead atoms. The van der Waals surface area contributed by atoms with Gasteiger partial charge in [0.1, 0.15) is 0 Å². The molecule has 1 atom stereocenters. The van der Waals surface area contributed by atoms with Crippen molar-refractivity contribution in [3.05, 3.63) is 18.0 Å². The Balaban J connectivity index is 2.04. The molecule has 15 heavy (non-hydrogen) atoms. The highest BCUT2D eigenvalue weighted by molar-refractivity contribution is 7.99. The summed E-state index contributed by atoms with van der Waals surface area (Å²) in [5.74, 6) is 1.92. The third kappa shape index (κ3) is 2.55. The lowest BCUT2D eigenvalue weighted by molar-refractivity contribution is 0.0674. The molecule has 0 saturated carbocycles. The smallest absolute Gasteiger partial charge is 0.0801 e. The molecule has 4 heteroatoms. The average Bonchev–Trinajstić information content (AvgIpc) is 2.75. The first-order valence-corrected chi connectivity index (χ1v) is 6.59. The van der Waals surface area contributed by atoms with E-state index in [1.54, 1.807) is 0 Å². The fourth-order valence-electron chi connectivity index (χ4n) is 1.83. The van der Waals surface area contributed by atoms with E-state index < -0.39 is 5.60 Å². The molecule has 1 saturated heterocycles. The molecular weight excluding hydrogens is 208 g/mol. The maximum Gasteiger partial charge on any atom is 0.0801 e. The standard InChI is InChI=1S/C11H18N2OS/c1-9(2)13-5-3-10(12-13)7-11(14)4-6-15-8-11/h3,5,9,14H,4,6-8H2,1-2H3. The van der Waals surface area contributed by atoms with E-state index in [0.717, 1.165) is 23.6 Å². The Morgan fingerprint density at radius 2 is 2.47 bits per heavy atom. The zero-order chi connectivity index (χ0) is 10.9. The van der Waals surface area contributed by atoms with Gasteiger partial charge < -0.3 is 5.11 Å². The zero-order valence-electron chi connectivity index (χ0n) is 9.31.